The molecule has 2 N–H and O–H groups in total. The van der Waals surface area contributed by atoms with Gasteiger partial charge < -0.3 is 15.0 Å². The van der Waals surface area contributed by atoms with Crippen molar-refractivity contribution >= 4 is 5.91 Å². The molecular formula is C16H22N4O2. The predicted molar refractivity (Wildman–Crippen MR) is 83.7 cm³/mol. The highest BCUT2D eigenvalue weighted by Crippen LogP contribution is 2.26. The van der Waals surface area contributed by atoms with Gasteiger partial charge in [0.15, 0.2) is 0 Å². The number of aromatic nitrogens is 3. The van der Waals surface area contributed by atoms with E-state index in [2.05, 4.69) is 10.1 Å². The number of hydrogen-bond donors (Lipinski definition) is 2. The molecule has 0 aromatic carbocycles. The van der Waals surface area contributed by atoms with Gasteiger partial charge in [-0.25, -0.2) is 0 Å². The number of aliphatic hydroxyl groups is 1. The van der Waals surface area contributed by atoms with Crippen LogP contribution in [-0.4, -0.2) is 50.4 Å². The highest BCUT2D eigenvalue weighted by atomic mass is 16.3. The van der Waals surface area contributed by atoms with Crippen molar-refractivity contribution < 1.29 is 9.90 Å². The molecule has 1 amide bonds. The summed E-state index contributed by atoms with van der Waals surface area (Å²) < 4.78 is 1.80. The number of nitrogens with one attached hydrogen (secondary N) is 1. The number of aryl methyl sites for hydroxylation is 1. The molecule has 0 saturated carbocycles. The Bertz CT molecular complexity index is 680. The number of rotatable bonds is 4. The third kappa shape index (κ3) is 2.54. The molecule has 0 aliphatic carbocycles. The van der Waals surface area contributed by atoms with Gasteiger partial charge in [-0.1, -0.05) is 0 Å². The van der Waals surface area contributed by atoms with E-state index in [9.17, 15) is 4.79 Å². The SMILES string of the molecule is Cc1nn(CCO)c(C)c1-c1ccc(C(=O)N2CCCC2)[nH]1. The molecule has 0 spiro atoms. The van der Waals surface area contributed by atoms with E-state index in [-0.39, 0.29) is 12.5 Å². The second kappa shape index (κ2) is 5.96. The zero-order chi connectivity index (χ0) is 15.7. The number of likely N-dealkylation sites (tertiary alicyclic amines) is 1. The van der Waals surface area contributed by atoms with Crippen LogP contribution >= 0.6 is 0 Å². The van der Waals surface area contributed by atoms with Crippen molar-refractivity contribution in [2.75, 3.05) is 19.7 Å². The van der Waals surface area contributed by atoms with Crippen LogP contribution in [0.1, 0.15) is 34.7 Å². The fraction of sp³-hybridized carbons (Fsp3) is 0.500. The first kappa shape index (κ1) is 14.8. The van der Waals surface area contributed by atoms with Crippen molar-refractivity contribution in [1.82, 2.24) is 19.7 Å². The lowest BCUT2D eigenvalue weighted by atomic mass is 10.1. The summed E-state index contributed by atoms with van der Waals surface area (Å²) in [5.74, 6) is 0.0711. The third-order valence-electron chi connectivity index (χ3n) is 4.27. The third-order valence-corrected chi connectivity index (χ3v) is 4.27. The van der Waals surface area contributed by atoms with Crippen LogP contribution in [0.5, 0.6) is 0 Å². The van der Waals surface area contributed by atoms with Gasteiger partial charge in [0, 0.05) is 30.0 Å². The van der Waals surface area contributed by atoms with E-state index >= 15 is 0 Å². The summed E-state index contributed by atoms with van der Waals surface area (Å²) in [6, 6.07) is 3.78. The maximum atomic E-state index is 12.4. The minimum atomic E-state index is 0.0603. The van der Waals surface area contributed by atoms with Gasteiger partial charge in [-0.2, -0.15) is 5.10 Å². The quantitative estimate of drug-likeness (QED) is 0.903. The van der Waals surface area contributed by atoms with Crippen LogP contribution in [-0.2, 0) is 6.54 Å². The Kier molecular flexibility index (Phi) is 4.02. The number of carbonyl (C=O) groups excluding carboxylic acids is 1. The van der Waals surface area contributed by atoms with Crippen molar-refractivity contribution in [1.29, 1.82) is 0 Å². The van der Waals surface area contributed by atoms with Gasteiger partial charge in [-0.3, -0.25) is 9.48 Å². The molecule has 118 valence electrons. The van der Waals surface area contributed by atoms with Crippen LogP contribution in [0.25, 0.3) is 11.3 Å². The van der Waals surface area contributed by atoms with E-state index in [0.717, 1.165) is 48.6 Å². The first-order chi connectivity index (χ1) is 10.6. The Morgan fingerprint density at radius 1 is 1.32 bits per heavy atom. The Balaban J connectivity index is 1.89. The fourth-order valence-corrected chi connectivity index (χ4v) is 3.16. The maximum absolute atomic E-state index is 12.4. The van der Waals surface area contributed by atoms with E-state index in [1.54, 1.807) is 4.68 Å². The van der Waals surface area contributed by atoms with E-state index < -0.39 is 0 Å². The summed E-state index contributed by atoms with van der Waals surface area (Å²) in [5, 5.41) is 13.5. The molecule has 0 unspecified atom stereocenters. The molecule has 3 rings (SSSR count). The number of nitrogens with zero attached hydrogens (tertiary/aromatic N) is 3. The lowest BCUT2D eigenvalue weighted by Crippen LogP contribution is -2.27. The molecule has 1 aliphatic rings. The van der Waals surface area contributed by atoms with E-state index in [4.69, 9.17) is 5.11 Å². The molecule has 22 heavy (non-hydrogen) atoms. The van der Waals surface area contributed by atoms with Crippen molar-refractivity contribution in [2.24, 2.45) is 0 Å². The number of hydrogen-bond acceptors (Lipinski definition) is 3. The normalized spacial score (nSPS) is 14.8. The summed E-state index contributed by atoms with van der Waals surface area (Å²) in [6.07, 6.45) is 2.18. The minimum absolute atomic E-state index is 0.0603. The Hall–Kier alpha value is -2.08. The molecule has 0 atom stereocenters. The first-order valence-corrected chi connectivity index (χ1v) is 7.75. The second-order valence-electron chi connectivity index (χ2n) is 5.78. The van der Waals surface area contributed by atoms with Crippen molar-refractivity contribution in [3.8, 4) is 11.3 Å². The Morgan fingerprint density at radius 2 is 2.05 bits per heavy atom. The van der Waals surface area contributed by atoms with Crippen LogP contribution in [0.15, 0.2) is 12.1 Å². The lowest BCUT2D eigenvalue weighted by molar-refractivity contribution is 0.0788. The molecular weight excluding hydrogens is 280 g/mol. The van der Waals surface area contributed by atoms with Gasteiger partial charge in [-0.05, 0) is 38.8 Å². The van der Waals surface area contributed by atoms with Crippen molar-refractivity contribution in [3.63, 3.8) is 0 Å². The molecule has 1 aliphatic heterocycles. The summed E-state index contributed by atoms with van der Waals surface area (Å²) in [7, 11) is 0. The maximum Gasteiger partial charge on any atom is 0.270 e. The van der Waals surface area contributed by atoms with Gasteiger partial charge in [0.1, 0.15) is 5.69 Å². The minimum Gasteiger partial charge on any atom is -0.394 e. The molecule has 1 saturated heterocycles. The van der Waals surface area contributed by atoms with Crippen LogP contribution in [0.3, 0.4) is 0 Å². The van der Waals surface area contributed by atoms with Crippen molar-refractivity contribution in [3.05, 3.63) is 29.2 Å². The second-order valence-corrected chi connectivity index (χ2v) is 5.78. The fourth-order valence-electron chi connectivity index (χ4n) is 3.16. The topological polar surface area (TPSA) is 74.2 Å². The lowest BCUT2D eigenvalue weighted by Gasteiger charge is -2.13. The number of aliphatic hydroxyl groups excluding tert-OH is 1. The number of amides is 1. The molecule has 0 bridgehead atoms. The molecule has 0 radical (unpaired) electrons. The largest absolute Gasteiger partial charge is 0.394 e. The van der Waals surface area contributed by atoms with Gasteiger partial charge in [0.05, 0.1) is 18.8 Å². The van der Waals surface area contributed by atoms with Crippen LogP contribution in [0, 0.1) is 13.8 Å². The molecule has 2 aromatic rings. The van der Waals surface area contributed by atoms with Crippen molar-refractivity contribution in [2.45, 2.75) is 33.2 Å². The smallest absolute Gasteiger partial charge is 0.270 e. The average molecular weight is 302 g/mol. The Labute approximate surface area is 129 Å². The zero-order valence-electron chi connectivity index (χ0n) is 13.1. The average Bonchev–Trinajstić information content (AvgIpc) is 3.21. The Morgan fingerprint density at radius 3 is 2.73 bits per heavy atom. The highest BCUT2D eigenvalue weighted by molar-refractivity contribution is 5.93. The molecule has 3 heterocycles. The van der Waals surface area contributed by atoms with Crippen LogP contribution in [0.2, 0.25) is 0 Å². The standard InChI is InChI=1S/C16H22N4O2/c1-11-15(12(2)20(18-11)9-10-21)13-5-6-14(17-13)16(22)19-7-3-4-8-19/h5-6,17,21H,3-4,7-10H2,1-2H3. The van der Waals surface area contributed by atoms with Gasteiger partial charge >= 0.3 is 0 Å². The summed E-state index contributed by atoms with van der Waals surface area (Å²) >= 11 is 0. The summed E-state index contributed by atoms with van der Waals surface area (Å²) in [4.78, 5) is 17.5. The monoisotopic (exact) mass is 302 g/mol. The molecule has 6 heteroatoms. The summed E-state index contributed by atoms with van der Waals surface area (Å²) in [5.41, 5.74) is 4.43. The number of aromatic amines is 1. The van der Waals surface area contributed by atoms with E-state index in [1.807, 2.05) is 30.9 Å². The molecule has 1 fully saturated rings. The molecule has 2 aromatic heterocycles. The van der Waals surface area contributed by atoms with E-state index in [1.165, 1.54) is 0 Å². The van der Waals surface area contributed by atoms with E-state index in [0.29, 0.717) is 12.2 Å². The predicted octanol–water partition coefficient (Wildman–Crippen LogP) is 1.72. The summed E-state index contributed by atoms with van der Waals surface area (Å²) in [6.45, 7) is 6.16. The highest BCUT2D eigenvalue weighted by Gasteiger charge is 2.22. The van der Waals surface area contributed by atoms with Crippen LogP contribution < -0.4 is 0 Å². The zero-order valence-corrected chi connectivity index (χ0v) is 13.1. The van der Waals surface area contributed by atoms with Crippen LogP contribution in [0.4, 0.5) is 0 Å². The first-order valence-electron chi connectivity index (χ1n) is 7.75. The van der Waals surface area contributed by atoms with Gasteiger partial charge in [0.2, 0.25) is 0 Å². The van der Waals surface area contributed by atoms with Gasteiger partial charge in [-0.15, -0.1) is 0 Å². The van der Waals surface area contributed by atoms with Gasteiger partial charge in [0.25, 0.3) is 5.91 Å². The number of H-pyrrole nitrogens is 1. The number of carbonyl (C=O) groups is 1. The molecule has 6 nitrogen and oxygen atoms in total.